The molecule has 6 heteroatoms. The molecule has 1 aliphatic carbocycles. The molecule has 1 aliphatic heterocycles. The Bertz CT molecular complexity index is 655. The van der Waals surface area contributed by atoms with Gasteiger partial charge in [-0.3, -0.25) is 14.9 Å². The zero-order valence-corrected chi connectivity index (χ0v) is 15.7. The number of carbonyl (C=O) groups is 2. The number of nitrogens with one attached hydrogen (secondary N) is 1. The second kappa shape index (κ2) is 6.15. The second-order valence-electron chi connectivity index (χ2n) is 6.68. The highest BCUT2D eigenvalue weighted by molar-refractivity contribution is 9.10. The van der Waals surface area contributed by atoms with E-state index in [2.05, 4.69) is 21.2 Å². The maximum absolute atomic E-state index is 12.7. The Labute approximate surface area is 150 Å². The number of halogens is 1. The summed E-state index contributed by atoms with van der Waals surface area (Å²) < 4.78 is 11.4. The van der Waals surface area contributed by atoms with Gasteiger partial charge in [0.1, 0.15) is 5.54 Å². The first-order valence-corrected chi connectivity index (χ1v) is 8.97. The molecule has 1 heterocycles. The number of methoxy groups -OCH3 is 1. The number of hydrogen-bond acceptors (Lipinski definition) is 5. The predicted molar refractivity (Wildman–Crippen MR) is 92.2 cm³/mol. The van der Waals surface area contributed by atoms with E-state index in [0.29, 0.717) is 6.61 Å². The summed E-state index contributed by atoms with van der Waals surface area (Å²) in [5.41, 5.74) is -0.365. The molecule has 1 spiro atoms. The normalized spacial score (nSPS) is 30.2. The van der Waals surface area contributed by atoms with Crippen LogP contribution in [0.2, 0.25) is 0 Å². The maximum atomic E-state index is 12.7. The summed E-state index contributed by atoms with van der Waals surface area (Å²) in [5.74, 6) is -0.973. The van der Waals surface area contributed by atoms with Crippen LogP contribution >= 0.6 is 15.9 Å². The molecule has 0 radical (unpaired) electrons. The van der Waals surface area contributed by atoms with Gasteiger partial charge in [0.2, 0.25) is 0 Å². The lowest BCUT2D eigenvalue weighted by Crippen LogP contribution is -2.52. The molecular formula is C18H22BrNO4. The molecule has 0 amide bonds. The van der Waals surface area contributed by atoms with Crippen molar-refractivity contribution in [2.24, 2.45) is 11.3 Å². The van der Waals surface area contributed by atoms with Gasteiger partial charge in [-0.2, -0.15) is 0 Å². The topological polar surface area (TPSA) is 64.6 Å². The number of ether oxygens (including phenoxy) is 2. The molecule has 1 saturated heterocycles. The third-order valence-electron chi connectivity index (χ3n) is 5.52. The lowest BCUT2D eigenvalue weighted by molar-refractivity contribution is -0.154. The zero-order chi connectivity index (χ0) is 17.5. The summed E-state index contributed by atoms with van der Waals surface area (Å²) in [5, 5.41) is 3.41. The van der Waals surface area contributed by atoms with E-state index in [4.69, 9.17) is 9.47 Å². The van der Waals surface area contributed by atoms with E-state index in [1.165, 1.54) is 7.11 Å². The maximum Gasteiger partial charge on any atom is 0.326 e. The summed E-state index contributed by atoms with van der Waals surface area (Å²) >= 11 is 3.43. The van der Waals surface area contributed by atoms with Crippen LogP contribution in [-0.2, 0) is 19.1 Å². The van der Waals surface area contributed by atoms with E-state index >= 15 is 0 Å². The van der Waals surface area contributed by atoms with Crippen LogP contribution in [0.25, 0.3) is 0 Å². The van der Waals surface area contributed by atoms with E-state index in [1.807, 2.05) is 31.2 Å². The van der Waals surface area contributed by atoms with Gasteiger partial charge in [-0.15, -0.1) is 0 Å². The van der Waals surface area contributed by atoms with Gasteiger partial charge in [-0.1, -0.05) is 28.1 Å². The molecule has 3 rings (SSSR count). The molecule has 0 unspecified atom stereocenters. The zero-order valence-electron chi connectivity index (χ0n) is 14.1. The molecule has 1 saturated carbocycles. The fourth-order valence-electron chi connectivity index (χ4n) is 4.12. The van der Waals surface area contributed by atoms with Crippen LogP contribution in [0.3, 0.4) is 0 Å². The van der Waals surface area contributed by atoms with Crippen molar-refractivity contribution in [3.8, 4) is 0 Å². The first kappa shape index (κ1) is 17.4. The van der Waals surface area contributed by atoms with E-state index in [0.717, 1.165) is 22.9 Å². The molecule has 130 valence electrons. The molecule has 1 aromatic carbocycles. The minimum atomic E-state index is -0.892. The molecule has 2 fully saturated rings. The molecule has 1 aromatic rings. The van der Waals surface area contributed by atoms with E-state index in [9.17, 15) is 9.59 Å². The lowest BCUT2D eigenvalue weighted by Gasteiger charge is -2.30. The van der Waals surface area contributed by atoms with Gasteiger partial charge in [-0.05, 0) is 44.4 Å². The summed E-state index contributed by atoms with van der Waals surface area (Å²) in [6, 6.07) is 7.53. The second-order valence-corrected chi connectivity index (χ2v) is 7.59. The van der Waals surface area contributed by atoms with E-state index < -0.39 is 16.9 Å². The monoisotopic (exact) mass is 395 g/mol. The minimum Gasteiger partial charge on any atom is -0.468 e. The number of rotatable bonds is 4. The van der Waals surface area contributed by atoms with E-state index in [1.54, 1.807) is 6.92 Å². The number of carbonyl (C=O) groups excluding carboxylic acids is 2. The quantitative estimate of drug-likeness (QED) is 0.793. The van der Waals surface area contributed by atoms with Crippen molar-refractivity contribution < 1.29 is 19.1 Å². The van der Waals surface area contributed by atoms with Gasteiger partial charge in [0, 0.05) is 15.9 Å². The van der Waals surface area contributed by atoms with Crippen molar-refractivity contribution in [1.82, 2.24) is 5.32 Å². The van der Waals surface area contributed by atoms with Gasteiger partial charge in [0.15, 0.2) is 0 Å². The summed E-state index contributed by atoms with van der Waals surface area (Å²) in [4.78, 5) is 25.2. The highest BCUT2D eigenvalue weighted by atomic mass is 79.9. The van der Waals surface area contributed by atoms with Crippen LogP contribution in [0, 0.1) is 11.3 Å². The molecule has 0 bridgehead atoms. The minimum absolute atomic E-state index is 0.247. The van der Waals surface area contributed by atoms with Crippen LogP contribution in [0.1, 0.15) is 38.3 Å². The Morgan fingerprint density at radius 1 is 1.29 bits per heavy atom. The van der Waals surface area contributed by atoms with Gasteiger partial charge in [0.05, 0.1) is 19.6 Å². The standard InChI is InChI=1S/C18H22BrNO4/c1-4-24-15(21)13-14(11-5-7-12(19)8-6-11)20-17(2,16(22)23-3)18(13)9-10-18/h5-8,13-14,20H,4,9-10H2,1-3H3/t13-,14-,17+/m1/s1. The fourth-order valence-corrected chi connectivity index (χ4v) is 4.38. The van der Waals surface area contributed by atoms with Crippen molar-refractivity contribution in [3.63, 3.8) is 0 Å². The SMILES string of the molecule is CCOC(=O)[C@H]1[C@@H](c2ccc(Br)cc2)N[C@@](C)(C(=O)OC)C12CC2. The molecule has 0 aromatic heterocycles. The molecule has 2 aliphatic rings. The van der Waals surface area contributed by atoms with Crippen molar-refractivity contribution >= 4 is 27.9 Å². The van der Waals surface area contributed by atoms with E-state index in [-0.39, 0.29) is 18.0 Å². The van der Waals surface area contributed by atoms with Crippen molar-refractivity contribution in [2.45, 2.75) is 38.3 Å². The summed E-state index contributed by atoms with van der Waals surface area (Å²) in [6.07, 6.45) is 1.62. The van der Waals surface area contributed by atoms with Gasteiger partial charge in [0.25, 0.3) is 0 Å². The Hall–Kier alpha value is -1.40. The highest BCUT2D eigenvalue weighted by Crippen LogP contribution is 2.67. The first-order chi connectivity index (χ1) is 11.4. The molecular weight excluding hydrogens is 374 g/mol. The average Bonchev–Trinajstić information content (AvgIpc) is 3.31. The van der Waals surface area contributed by atoms with Gasteiger partial charge < -0.3 is 9.47 Å². The van der Waals surface area contributed by atoms with Crippen LogP contribution in [0.4, 0.5) is 0 Å². The molecule has 5 nitrogen and oxygen atoms in total. The van der Waals surface area contributed by atoms with Crippen LogP contribution in [-0.4, -0.2) is 31.2 Å². The largest absolute Gasteiger partial charge is 0.468 e. The van der Waals surface area contributed by atoms with Crippen molar-refractivity contribution in [2.75, 3.05) is 13.7 Å². The Balaban J connectivity index is 2.05. The summed E-state index contributed by atoms with van der Waals surface area (Å²) in [7, 11) is 1.39. The van der Waals surface area contributed by atoms with Crippen LogP contribution in [0.15, 0.2) is 28.7 Å². The highest BCUT2D eigenvalue weighted by Gasteiger charge is 2.73. The van der Waals surface area contributed by atoms with Crippen molar-refractivity contribution in [3.05, 3.63) is 34.3 Å². The molecule has 3 atom stereocenters. The van der Waals surface area contributed by atoms with Gasteiger partial charge >= 0.3 is 11.9 Å². The molecule has 24 heavy (non-hydrogen) atoms. The molecule has 1 N–H and O–H groups in total. The number of esters is 2. The van der Waals surface area contributed by atoms with Crippen molar-refractivity contribution in [1.29, 1.82) is 0 Å². The fraction of sp³-hybridized carbons (Fsp3) is 0.556. The predicted octanol–water partition coefficient (Wildman–Crippen LogP) is 2.98. The third kappa shape index (κ3) is 2.47. The van der Waals surface area contributed by atoms with Crippen LogP contribution in [0.5, 0.6) is 0 Å². The Kier molecular flexibility index (Phi) is 4.47. The van der Waals surface area contributed by atoms with Crippen LogP contribution < -0.4 is 5.32 Å². The smallest absolute Gasteiger partial charge is 0.326 e. The lowest BCUT2D eigenvalue weighted by atomic mass is 9.75. The first-order valence-electron chi connectivity index (χ1n) is 8.18. The average molecular weight is 396 g/mol. The van der Waals surface area contributed by atoms with Gasteiger partial charge in [-0.25, -0.2) is 0 Å². The summed E-state index contributed by atoms with van der Waals surface area (Å²) in [6.45, 7) is 3.97. The Morgan fingerprint density at radius 2 is 1.92 bits per heavy atom. The number of hydrogen-bond donors (Lipinski definition) is 1. The third-order valence-corrected chi connectivity index (χ3v) is 6.05. The Morgan fingerprint density at radius 3 is 2.42 bits per heavy atom. The number of benzene rings is 1.